The number of rotatable bonds is 7. The maximum Gasteiger partial charge on any atom is 0.242 e. The van der Waals surface area contributed by atoms with Crippen LogP contribution in [0.4, 0.5) is 0 Å². The molecule has 1 aromatic rings. The van der Waals surface area contributed by atoms with Crippen LogP contribution < -0.4 is 4.72 Å². The SMILES string of the molecule is Cc1ccc(S(=O)(=O)NCCCCCO)c(Cl)c1. The first-order valence-electron chi connectivity index (χ1n) is 5.84. The Kier molecular flexibility index (Phi) is 6.08. The molecule has 1 rings (SSSR count). The van der Waals surface area contributed by atoms with Crippen molar-refractivity contribution in [3.05, 3.63) is 28.8 Å². The molecule has 2 N–H and O–H groups in total. The molecule has 102 valence electrons. The molecule has 0 aliphatic rings. The van der Waals surface area contributed by atoms with Crippen molar-refractivity contribution < 1.29 is 13.5 Å². The lowest BCUT2D eigenvalue weighted by Crippen LogP contribution is -2.25. The van der Waals surface area contributed by atoms with E-state index in [-0.39, 0.29) is 16.5 Å². The second-order valence-corrected chi connectivity index (χ2v) is 6.26. The predicted octanol–water partition coefficient (Wildman–Crippen LogP) is 2.09. The standard InChI is InChI=1S/C12H18ClNO3S/c1-10-5-6-12(11(13)9-10)18(16,17)14-7-3-2-4-8-15/h5-6,9,14-15H,2-4,7-8H2,1H3. The summed E-state index contributed by atoms with van der Waals surface area (Å²) in [5.74, 6) is 0. The average Bonchev–Trinajstić information content (AvgIpc) is 2.28. The third-order valence-electron chi connectivity index (χ3n) is 2.50. The van der Waals surface area contributed by atoms with E-state index in [1.165, 1.54) is 6.07 Å². The molecule has 0 aliphatic carbocycles. The summed E-state index contributed by atoms with van der Waals surface area (Å²) in [6, 6.07) is 4.85. The maximum atomic E-state index is 12.0. The fraction of sp³-hybridized carbons (Fsp3) is 0.500. The minimum Gasteiger partial charge on any atom is -0.396 e. The molecule has 0 bridgehead atoms. The molecule has 0 unspecified atom stereocenters. The first kappa shape index (κ1) is 15.4. The van der Waals surface area contributed by atoms with Gasteiger partial charge in [0.2, 0.25) is 10.0 Å². The molecule has 6 heteroatoms. The summed E-state index contributed by atoms with van der Waals surface area (Å²) in [5, 5.41) is 8.84. The largest absolute Gasteiger partial charge is 0.396 e. The van der Waals surface area contributed by atoms with E-state index >= 15 is 0 Å². The van der Waals surface area contributed by atoms with E-state index in [0.717, 1.165) is 12.0 Å². The molecule has 0 atom stereocenters. The second-order valence-electron chi connectivity index (χ2n) is 4.12. The van der Waals surface area contributed by atoms with Crippen LogP contribution in [0, 0.1) is 6.92 Å². The number of unbranched alkanes of at least 4 members (excludes halogenated alkanes) is 2. The quantitative estimate of drug-likeness (QED) is 0.756. The van der Waals surface area contributed by atoms with Gasteiger partial charge in [-0.15, -0.1) is 0 Å². The minimum absolute atomic E-state index is 0.108. The molecular formula is C12H18ClNO3S. The summed E-state index contributed by atoms with van der Waals surface area (Å²) < 4.78 is 26.4. The molecule has 0 saturated carbocycles. The molecule has 0 heterocycles. The number of benzene rings is 1. The zero-order chi connectivity index (χ0) is 13.6. The van der Waals surface area contributed by atoms with E-state index in [1.807, 2.05) is 6.92 Å². The van der Waals surface area contributed by atoms with Crippen molar-refractivity contribution >= 4 is 21.6 Å². The van der Waals surface area contributed by atoms with Crippen LogP contribution in [0.3, 0.4) is 0 Å². The average molecular weight is 292 g/mol. The third kappa shape index (κ3) is 4.57. The van der Waals surface area contributed by atoms with Crippen molar-refractivity contribution in [1.29, 1.82) is 0 Å². The summed E-state index contributed by atoms with van der Waals surface area (Å²) in [6.07, 6.45) is 2.18. The van der Waals surface area contributed by atoms with Crippen LogP contribution in [0.15, 0.2) is 23.1 Å². The van der Waals surface area contributed by atoms with Gasteiger partial charge in [0.1, 0.15) is 4.90 Å². The molecule has 0 spiro atoms. The molecule has 0 fully saturated rings. The zero-order valence-electron chi connectivity index (χ0n) is 10.3. The van der Waals surface area contributed by atoms with E-state index < -0.39 is 10.0 Å². The van der Waals surface area contributed by atoms with Gasteiger partial charge < -0.3 is 5.11 Å². The van der Waals surface area contributed by atoms with Gasteiger partial charge in [-0.3, -0.25) is 0 Å². The normalized spacial score (nSPS) is 11.7. The van der Waals surface area contributed by atoms with Crippen molar-refractivity contribution in [2.75, 3.05) is 13.2 Å². The van der Waals surface area contributed by atoms with Gasteiger partial charge in [0.25, 0.3) is 0 Å². The van der Waals surface area contributed by atoms with Crippen molar-refractivity contribution in [3.8, 4) is 0 Å². The van der Waals surface area contributed by atoms with Gasteiger partial charge in [-0.1, -0.05) is 17.7 Å². The van der Waals surface area contributed by atoms with Crippen LogP contribution in [-0.2, 0) is 10.0 Å². The van der Waals surface area contributed by atoms with Crippen molar-refractivity contribution in [1.82, 2.24) is 4.72 Å². The lowest BCUT2D eigenvalue weighted by atomic mass is 10.2. The molecule has 1 aromatic carbocycles. The molecule has 0 saturated heterocycles. The predicted molar refractivity (Wildman–Crippen MR) is 72.3 cm³/mol. The zero-order valence-corrected chi connectivity index (χ0v) is 11.9. The monoisotopic (exact) mass is 291 g/mol. The Labute approximate surface area is 113 Å². The number of halogens is 1. The van der Waals surface area contributed by atoms with Crippen molar-refractivity contribution in [3.63, 3.8) is 0 Å². The Morgan fingerprint density at radius 1 is 1.28 bits per heavy atom. The fourth-order valence-electron chi connectivity index (χ4n) is 1.52. The van der Waals surface area contributed by atoms with Crippen LogP contribution in [0.25, 0.3) is 0 Å². The van der Waals surface area contributed by atoms with Crippen molar-refractivity contribution in [2.24, 2.45) is 0 Å². The number of nitrogens with one attached hydrogen (secondary N) is 1. The van der Waals surface area contributed by atoms with Gasteiger partial charge in [-0.05, 0) is 43.9 Å². The van der Waals surface area contributed by atoms with Crippen LogP contribution >= 0.6 is 11.6 Å². The highest BCUT2D eigenvalue weighted by molar-refractivity contribution is 7.89. The Bertz CT molecular complexity index is 488. The van der Waals surface area contributed by atoms with Crippen LogP contribution in [0.5, 0.6) is 0 Å². The smallest absolute Gasteiger partial charge is 0.242 e. The summed E-state index contributed by atoms with van der Waals surface area (Å²) in [7, 11) is -3.54. The van der Waals surface area contributed by atoms with E-state index in [2.05, 4.69) is 4.72 Å². The highest BCUT2D eigenvalue weighted by Gasteiger charge is 2.16. The second kappa shape index (κ2) is 7.09. The molecule has 0 aromatic heterocycles. The van der Waals surface area contributed by atoms with E-state index in [1.54, 1.807) is 12.1 Å². The van der Waals surface area contributed by atoms with E-state index in [4.69, 9.17) is 16.7 Å². The molecular weight excluding hydrogens is 274 g/mol. The summed E-state index contributed by atoms with van der Waals surface area (Å²) >= 11 is 5.92. The lowest BCUT2D eigenvalue weighted by Gasteiger charge is -2.08. The van der Waals surface area contributed by atoms with Crippen LogP contribution in [-0.4, -0.2) is 26.7 Å². The Morgan fingerprint density at radius 3 is 2.61 bits per heavy atom. The molecule has 0 amide bonds. The van der Waals surface area contributed by atoms with Crippen molar-refractivity contribution in [2.45, 2.75) is 31.1 Å². The number of hydrogen-bond donors (Lipinski definition) is 2. The first-order chi connectivity index (χ1) is 8.47. The van der Waals surface area contributed by atoms with Crippen LogP contribution in [0.2, 0.25) is 5.02 Å². The van der Waals surface area contributed by atoms with Gasteiger partial charge in [-0.2, -0.15) is 0 Å². The van der Waals surface area contributed by atoms with Gasteiger partial charge in [0.15, 0.2) is 0 Å². The first-order valence-corrected chi connectivity index (χ1v) is 7.70. The van der Waals surface area contributed by atoms with Gasteiger partial charge in [0, 0.05) is 13.2 Å². The van der Waals surface area contributed by atoms with Gasteiger partial charge in [0.05, 0.1) is 5.02 Å². The molecule has 4 nitrogen and oxygen atoms in total. The molecule has 0 radical (unpaired) electrons. The van der Waals surface area contributed by atoms with Gasteiger partial charge in [-0.25, -0.2) is 13.1 Å². The number of aryl methyl sites for hydroxylation is 1. The topological polar surface area (TPSA) is 66.4 Å². The van der Waals surface area contributed by atoms with E-state index in [0.29, 0.717) is 19.4 Å². The van der Waals surface area contributed by atoms with Gasteiger partial charge >= 0.3 is 0 Å². The Morgan fingerprint density at radius 2 is 2.00 bits per heavy atom. The summed E-state index contributed by atoms with van der Waals surface area (Å²) in [6.45, 7) is 2.34. The highest BCUT2D eigenvalue weighted by Crippen LogP contribution is 2.22. The number of aliphatic hydroxyl groups excluding tert-OH is 1. The van der Waals surface area contributed by atoms with E-state index in [9.17, 15) is 8.42 Å². The number of aliphatic hydroxyl groups is 1. The highest BCUT2D eigenvalue weighted by atomic mass is 35.5. The molecule has 18 heavy (non-hydrogen) atoms. The number of hydrogen-bond acceptors (Lipinski definition) is 3. The minimum atomic E-state index is -3.54. The fourth-order valence-corrected chi connectivity index (χ4v) is 3.19. The molecule has 0 aliphatic heterocycles. The Balaban J connectivity index is 2.63. The maximum absolute atomic E-state index is 12.0. The van der Waals surface area contributed by atoms with Crippen LogP contribution in [0.1, 0.15) is 24.8 Å². The number of sulfonamides is 1. The summed E-state index contributed by atoms with van der Waals surface area (Å²) in [4.78, 5) is 0.108. The summed E-state index contributed by atoms with van der Waals surface area (Å²) in [5.41, 5.74) is 0.918. The third-order valence-corrected chi connectivity index (χ3v) is 4.45. The Hall–Kier alpha value is -0.620. The lowest BCUT2D eigenvalue weighted by molar-refractivity contribution is 0.283.